The Bertz CT molecular complexity index is 1160. The number of fused-ring (bicyclic) bond motifs is 1. The summed E-state index contributed by atoms with van der Waals surface area (Å²) in [5, 5.41) is 6.51. The van der Waals surface area contributed by atoms with Gasteiger partial charge in [-0.1, -0.05) is 63.2 Å². The zero-order valence-corrected chi connectivity index (χ0v) is 17.8. The molecule has 3 rings (SSSR count). The lowest BCUT2D eigenvalue weighted by molar-refractivity contribution is -0.119. The van der Waals surface area contributed by atoms with Crippen molar-refractivity contribution in [3.63, 3.8) is 0 Å². The van der Waals surface area contributed by atoms with Gasteiger partial charge in [0.2, 0.25) is 0 Å². The predicted molar refractivity (Wildman–Crippen MR) is 120 cm³/mol. The number of carbonyl (C=O) groups excluding carboxylic acids is 1. The summed E-state index contributed by atoms with van der Waals surface area (Å²) in [5.41, 5.74) is 0.845. The number of allylic oxidation sites excluding steroid dienone is 1. The van der Waals surface area contributed by atoms with Crippen LogP contribution in [-0.2, 0) is 14.3 Å². The molecule has 0 saturated heterocycles. The van der Waals surface area contributed by atoms with E-state index in [1.807, 2.05) is 69.3 Å². The molecule has 5 heteroatoms. The molecule has 0 spiro atoms. The largest absolute Gasteiger partial charge is 0.293 e. The van der Waals surface area contributed by atoms with Gasteiger partial charge in [-0.05, 0) is 38.0 Å². The molecule has 0 atom stereocenters. The van der Waals surface area contributed by atoms with Gasteiger partial charge >= 0.3 is 0 Å². The second-order valence-electron chi connectivity index (χ2n) is 8.19. The third kappa shape index (κ3) is 4.09. The Hall–Kier alpha value is -2.66. The molecule has 0 bridgehead atoms. The third-order valence-electron chi connectivity index (χ3n) is 4.48. The fourth-order valence-corrected chi connectivity index (χ4v) is 4.51. The summed E-state index contributed by atoms with van der Waals surface area (Å²) in [7, 11) is -2.56. The molecular formula is C23H26N2O2S. The van der Waals surface area contributed by atoms with Crippen LogP contribution in [0.3, 0.4) is 0 Å². The molecule has 146 valence electrons. The summed E-state index contributed by atoms with van der Waals surface area (Å²) >= 11 is 0. The number of nitrogens with zero attached hydrogens (tertiary/aromatic N) is 2. The van der Waals surface area contributed by atoms with Gasteiger partial charge in [-0.25, -0.2) is 4.68 Å². The standard InChI is InChI=1S/C23H26N2O2S/c1-23(2,3)22(26)21(28(4,5)27)20(25-15-9-14-24-25)16-18-12-8-11-17-10-6-7-13-19(17)18/h6-16H,1-5H3/b20-16+. The molecule has 0 aliphatic heterocycles. The van der Waals surface area contributed by atoms with Crippen molar-refractivity contribution >= 4 is 42.7 Å². The molecule has 0 aliphatic rings. The lowest BCUT2D eigenvalue weighted by Gasteiger charge is -2.22. The van der Waals surface area contributed by atoms with Gasteiger partial charge in [0, 0.05) is 30.3 Å². The zero-order valence-electron chi connectivity index (χ0n) is 17.0. The van der Waals surface area contributed by atoms with Gasteiger partial charge in [0.15, 0.2) is 5.78 Å². The quantitative estimate of drug-likeness (QED) is 0.488. The van der Waals surface area contributed by atoms with Crippen molar-refractivity contribution in [1.82, 2.24) is 9.78 Å². The van der Waals surface area contributed by atoms with Crippen LogP contribution in [0.15, 0.2) is 60.9 Å². The molecule has 0 unspecified atom stereocenters. The molecule has 0 amide bonds. The van der Waals surface area contributed by atoms with Gasteiger partial charge in [0.1, 0.15) is 0 Å². The highest BCUT2D eigenvalue weighted by atomic mass is 32.2. The van der Waals surface area contributed by atoms with Crippen LogP contribution in [0, 0.1) is 5.41 Å². The van der Waals surface area contributed by atoms with Gasteiger partial charge in [0.05, 0.1) is 10.6 Å². The number of hydrogen-bond acceptors (Lipinski definition) is 3. The molecule has 3 aromatic rings. The molecule has 1 heterocycles. The van der Waals surface area contributed by atoms with Crippen LogP contribution in [0.5, 0.6) is 0 Å². The number of ketones is 1. The summed E-state index contributed by atoms with van der Waals surface area (Å²) < 4.78 is 14.9. The van der Waals surface area contributed by atoms with E-state index in [1.54, 1.807) is 35.7 Å². The Morgan fingerprint density at radius 1 is 1.04 bits per heavy atom. The molecule has 0 fully saturated rings. The van der Waals surface area contributed by atoms with Gasteiger partial charge in [0.25, 0.3) is 0 Å². The Morgan fingerprint density at radius 3 is 2.32 bits per heavy atom. The monoisotopic (exact) mass is 394 g/mol. The van der Waals surface area contributed by atoms with Crippen LogP contribution in [0.2, 0.25) is 0 Å². The van der Waals surface area contributed by atoms with E-state index < -0.39 is 14.9 Å². The number of hydrogen-bond donors (Lipinski definition) is 0. The maximum absolute atomic E-state index is 13.3. The average Bonchev–Trinajstić information content (AvgIpc) is 3.13. The Kier molecular flexibility index (Phi) is 5.31. The second-order valence-corrected chi connectivity index (χ2v) is 11.1. The van der Waals surface area contributed by atoms with E-state index in [0.29, 0.717) is 10.6 Å². The number of aromatic nitrogens is 2. The molecule has 28 heavy (non-hydrogen) atoms. The fraction of sp³-hybridized carbons (Fsp3) is 0.261. The Morgan fingerprint density at radius 2 is 1.71 bits per heavy atom. The predicted octanol–water partition coefficient (Wildman–Crippen LogP) is 4.37. The highest BCUT2D eigenvalue weighted by Crippen LogP contribution is 2.26. The SMILES string of the molecule is CC(C)(C)C(=O)C(/C(=C\c1cccc2ccccc12)n1cccn1)=S(C)(C)=O. The first-order valence-electron chi connectivity index (χ1n) is 9.15. The van der Waals surface area contributed by atoms with Crippen molar-refractivity contribution in [2.24, 2.45) is 5.41 Å². The first kappa shape index (κ1) is 20.1. The zero-order chi connectivity index (χ0) is 20.5. The van der Waals surface area contributed by atoms with Crippen LogP contribution in [0.1, 0.15) is 26.3 Å². The minimum Gasteiger partial charge on any atom is -0.293 e. The van der Waals surface area contributed by atoms with E-state index >= 15 is 0 Å². The van der Waals surface area contributed by atoms with Crippen LogP contribution in [0.4, 0.5) is 0 Å². The maximum Gasteiger partial charge on any atom is 0.178 e. The van der Waals surface area contributed by atoms with E-state index in [-0.39, 0.29) is 5.78 Å². The lowest BCUT2D eigenvalue weighted by Crippen LogP contribution is -2.35. The number of carbonyl (C=O) groups is 1. The van der Waals surface area contributed by atoms with Crippen molar-refractivity contribution in [3.05, 3.63) is 66.5 Å². The fourth-order valence-electron chi connectivity index (χ4n) is 3.10. The summed E-state index contributed by atoms with van der Waals surface area (Å²) in [6, 6.07) is 15.9. The molecule has 0 saturated carbocycles. The molecular weight excluding hydrogens is 368 g/mol. The Labute approximate surface area is 166 Å². The van der Waals surface area contributed by atoms with E-state index in [2.05, 4.69) is 5.10 Å². The smallest absolute Gasteiger partial charge is 0.178 e. The molecule has 1 aromatic heterocycles. The van der Waals surface area contributed by atoms with Gasteiger partial charge in [-0.3, -0.25) is 9.00 Å². The molecule has 0 N–H and O–H groups in total. The minimum absolute atomic E-state index is 0.135. The van der Waals surface area contributed by atoms with Crippen LogP contribution in [0.25, 0.3) is 22.5 Å². The van der Waals surface area contributed by atoms with E-state index in [4.69, 9.17) is 0 Å². The highest BCUT2D eigenvalue weighted by Gasteiger charge is 2.31. The van der Waals surface area contributed by atoms with Crippen LogP contribution >= 0.6 is 0 Å². The van der Waals surface area contributed by atoms with Crippen molar-refractivity contribution in [2.75, 3.05) is 12.5 Å². The highest BCUT2D eigenvalue weighted by molar-refractivity contribution is 8.03. The number of benzene rings is 2. The lowest BCUT2D eigenvalue weighted by atomic mass is 9.87. The van der Waals surface area contributed by atoms with Gasteiger partial charge in [-0.15, -0.1) is 0 Å². The minimum atomic E-state index is -2.56. The molecule has 4 nitrogen and oxygen atoms in total. The van der Waals surface area contributed by atoms with Crippen molar-refractivity contribution in [3.8, 4) is 0 Å². The van der Waals surface area contributed by atoms with Crippen LogP contribution in [-0.4, -0.2) is 37.1 Å². The summed E-state index contributed by atoms with van der Waals surface area (Å²) in [5.74, 6) is -0.135. The Balaban J connectivity index is 2.36. The third-order valence-corrected chi connectivity index (χ3v) is 5.86. The van der Waals surface area contributed by atoms with E-state index in [9.17, 15) is 9.00 Å². The number of Topliss-reactive ketones (excluding diaryl/α,β-unsaturated/α-hetero) is 1. The molecule has 2 aromatic carbocycles. The topological polar surface area (TPSA) is 52.0 Å². The normalized spacial score (nSPS) is 13.0. The first-order chi connectivity index (χ1) is 13.1. The van der Waals surface area contributed by atoms with Gasteiger partial charge < -0.3 is 0 Å². The van der Waals surface area contributed by atoms with E-state index in [1.165, 1.54) is 0 Å². The van der Waals surface area contributed by atoms with E-state index in [0.717, 1.165) is 16.3 Å². The van der Waals surface area contributed by atoms with Crippen molar-refractivity contribution in [2.45, 2.75) is 20.8 Å². The van der Waals surface area contributed by atoms with Gasteiger partial charge in [-0.2, -0.15) is 5.10 Å². The summed E-state index contributed by atoms with van der Waals surface area (Å²) in [6.45, 7) is 5.54. The number of rotatable bonds is 4. The second kappa shape index (κ2) is 7.40. The maximum atomic E-state index is 13.3. The summed E-state index contributed by atoms with van der Waals surface area (Å²) in [4.78, 5) is 13.6. The molecule has 0 aliphatic carbocycles. The molecule has 0 radical (unpaired) electrons. The van der Waals surface area contributed by atoms with Crippen molar-refractivity contribution < 1.29 is 9.00 Å². The average molecular weight is 395 g/mol. The summed E-state index contributed by atoms with van der Waals surface area (Å²) in [6.07, 6.45) is 8.58. The van der Waals surface area contributed by atoms with Crippen LogP contribution < -0.4 is 0 Å². The first-order valence-corrected chi connectivity index (χ1v) is 11.5. The van der Waals surface area contributed by atoms with Crippen molar-refractivity contribution in [1.29, 1.82) is 0 Å².